The van der Waals surface area contributed by atoms with E-state index >= 15 is 0 Å². The molecule has 0 aliphatic heterocycles. The molecule has 1 aromatic carbocycles. The number of anilines is 1. The SMILES string of the molecule is CC(C)COc1ccc(Sc2nc(N)nc3c2ncn3CC(C)OCP(CC(F)(F)F)CC(F)(F)F)cc1. The third-order valence-corrected chi connectivity index (χ3v) is 7.98. The molecule has 3 aromatic rings. The molecule has 0 saturated carbocycles. The van der Waals surface area contributed by atoms with E-state index < -0.39 is 45.0 Å². The molecule has 1 atom stereocenters. The number of fused-ring (bicyclic) bond motifs is 1. The average Bonchev–Trinajstić information content (AvgIpc) is 3.17. The Morgan fingerprint density at radius 2 is 1.63 bits per heavy atom. The van der Waals surface area contributed by atoms with Gasteiger partial charge in [0.05, 0.1) is 44.3 Å². The van der Waals surface area contributed by atoms with Crippen LogP contribution in [-0.4, -0.2) is 63.3 Å². The number of halogens is 6. The van der Waals surface area contributed by atoms with Crippen LogP contribution in [0, 0.1) is 5.92 Å². The Labute approximate surface area is 221 Å². The summed E-state index contributed by atoms with van der Waals surface area (Å²) in [6.07, 6.45) is -12.3. The largest absolute Gasteiger partial charge is 0.493 e. The maximum Gasteiger partial charge on any atom is 0.392 e. The van der Waals surface area contributed by atoms with Crippen molar-refractivity contribution >= 4 is 36.8 Å². The lowest BCUT2D eigenvalue weighted by molar-refractivity contribution is -0.112. The quantitative estimate of drug-likeness (QED) is 0.147. The maximum absolute atomic E-state index is 12.7. The summed E-state index contributed by atoms with van der Waals surface area (Å²) < 4.78 is 89.2. The van der Waals surface area contributed by atoms with Crippen molar-refractivity contribution in [1.29, 1.82) is 0 Å². The van der Waals surface area contributed by atoms with Gasteiger partial charge in [-0.25, -0.2) is 9.97 Å². The average molecular weight is 584 g/mol. The van der Waals surface area contributed by atoms with Gasteiger partial charge in [-0.15, -0.1) is 0 Å². The number of alkyl halides is 6. The van der Waals surface area contributed by atoms with E-state index in [4.69, 9.17) is 15.2 Å². The van der Waals surface area contributed by atoms with Crippen molar-refractivity contribution in [3.63, 3.8) is 0 Å². The van der Waals surface area contributed by atoms with Gasteiger partial charge < -0.3 is 19.8 Å². The molecule has 210 valence electrons. The summed E-state index contributed by atoms with van der Waals surface area (Å²) in [7, 11) is -2.47. The second kappa shape index (κ2) is 12.7. The zero-order valence-electron chi connectivity index (χ0n) is 20.9. The van der Waals surface area contributed by atoms with Crippen molar-refractivity contribution in [2.75, 3.05) is 31.0 Å². The Bertz CT molecular complexity index is 1170. The van der Waals surface area contributed by atoms with Gasteiger partial charge in [0.1, 0.15) is 16.3 Å². The summed E-state index contributed by atoms with van der Waals surface area (Å²) in [6, 6.07) is 7.43. The van der Waals surface area contributed by atoms with E-state index in [0.29, 0.717) is 28.7 Å². The minimum Gasteiger partial charge on any atom is -0.493 e. The van der Waals surface area contributed by atoms with Gasteiger partial charge in [0.15, 0.2) is 5.65 Å². The summed E-state index contributed by atoms with van der Waals surface area (Å²) in [5.74, 6) is 1.13. The van der Waals surface area contributed by atoms with Gasteiger partial charge in [0.25, 0.3) is 0 Å². The van der Waals surface area contributed by atoms with Crippen LogP contribution in [0.1, 0.15) is 20.8 Å². The molecule has 0 radical (unpaired) electrons. The first-order valence-electron chi connectivity index (χ1n) is 11.5. The summed E-state index contributed by atoms with van der Waals surface area (Å²) in [5, 5.41) is 0.495. The molecule has 0 spiro atoms. The van der Waals surface area contributed by atoms with Crippen LogP contribution in [0.5, 0.6) is 5.75 Å². The van der Waals surface area contributed by atoms with Crippen LogP contribution in [0.15, 0.2) is 40.5 Å². The molecule has 15 heteroatoms. The van der Waals surface area contributed by atoms with Crippen LogP contribution < -0.4 is 10.5 Å². The molecule has 2 aromatic heterocycles. The summed E-state index contributed by atoms with van der Waals surface area (Å²) in [6.45, 7) is 6.37. The van der Waals surface area contributed by atoms with Gasteiger partial charge in [0.2, 0.25) is 5.95 Å². The molecule has 0 aliphatic carbocycles. The second-order valence-electron chi connectivity index (χ2n) is 9.06. The lowest BCUT2D eigenvalue weighted by Crippen LogP contribution is -2.24. The smallest absolute Gasteiger partial charge is 0.392 e. The third kappa shape index (κ3) is 9.77. The molecular weight excluding hydrogens is 555 g/mol. The Morgan fingerprint density at radius 3 is 2.21 bits per heavy atom. The van der Waals surface area contributed by atoms with Crippen LogP contribution in [-0.2, 0) is 11.3 Å². The molecule has 0 saturated heterocycles. The normalized spacial score (nSPS) is 13.6. The minimum absolute atomic E-state index is 0.00826. The molecule has 7 nitrogen and oxygen atoms in total. The first-order valence-corrected chi connectivity index (χ1v) is 14.3. The molecule has 0 fully saturated rings. The monoisotopic (exact) mass is 583 g/mol. The van der Waals surface area contributed by atoms with Gasteiger partial charge in [-0.1, -0.05) is 33.5 Å². The Hall–Kier alpha value is -2.31. The van der Waals surface area contributed by atoms with E-state index in [2.05, 4.69) is 28.8 Å². The van der Waals surface area contributed by atoms with Crippen LogP contribution in [0.25, 0.3) is 11.2 Å². The Balaban J connectivity index is 1.69. The fourth-order valence-corrected chi connectivity index (χ4v) is 5.98. The predicted octanol–water partition coefficient (Wildman–Crippen LogP) is 6.56. The highest BCUT2D eigenvalue weighted by Gasteiger charge is 2.38. The number of ether oxygens (including phenoxy) is 2. The van der Waals surface area contributed by atoms with Gasteiger partial charge in [-0.2, -0.15) is 31.3 Å². The van der Waals surface area contributed by atoms with E-state index in [9.17, 15) is 26.3 Å². The number of benzene rings is 1. The topological polar surface area (TPSA) is 88.1 Å². The number of hydrogen-bond acceptors (Lipinski definition) is 7. The Kier molecular flexibility index (Phi) is 10.1. The molecule has 2 N–H and O–H groups in total. The molecule has 0 amide bonds. The highest BCUT2D eigenvalue weighted by atomic mass is 32.2. The van der Waals surface area contributed by atoms with E-state index in [0.717, 1.165) is 10.6 Å². The lowest BCUT2D eigenvalue weighted by atomic mass is 10.2. The number of imidazole rings is 1. The number of aromatic nitrogens is 4. The minimum atomic E-state index is -4.70. The van der Waals surface area contributed by atoms with E-state index in [-0.39, 0.29) is 12.5 Å². The highest BCUT2D eigenvalue weighted by molar-refractivity contribution is 7.99. The molecular formula is C23H28F6N5O2PS. The summed E-state index contributed by atoms with van der Waals surface area (Å²) in [5.41, 5.74) is 6.73. The first-order chi connectivity index (χ1) is 17.7. The number of hydrogen-bond donors (Lipinski definition) is 1. The maximum atomic E-state index is 12.7. The van der Waals surface area contributed by atoms with E-state index in [1.54, 1.807) is 11.5 Å². The zero-order chi connectivity index (χ0) is 28.1. The van der Waals surface area contributed by atoms with Crippen molar-refractivity contribution in [3.05, 3.63) is 30.6 Å². The number of nitrogens with two attached hydrogens (primary N) is 1. The molecule has 38 heavy (non-hydrogen) atoms. The molecule has 3 rings (SSSR count). The second-order valence-corrected chi connectivity index (χ2v) is 12.4. The van der Waals surface area contributed by atoms with Gasteiger partial charge >= 0.3 is 12.4 Å². The van der Waals surface area contributed by atoms with Gasteiger partial charge in [0, 0.05) is 4.90 Å². The van der Waals surface area contributed by atoms with Crippen molar-refractivity contribution < 1.29 is 35.8 Å². The highest BCUT2D eigenvalue weighted by Crippen LogP contribution is 2.46. The van der Waals surface area contributed by atoms with Gasteiger partial charge in [-0.3, -0.25) is 0 Å². The third-order valence-electron chi connectivity index (χ3n) is 4.87. The van der Waals surface area contributed by atoms with Crippen molar-refractivity contribution in [2.24, 2.45) is 5.92 Å². The lowest BCUT2D eigenvalue weighted by Gasteiger charge is -2.23. The van der Waals surface area contributed by atoms with Crippen molar-refractivity contribution in [1.82, 2.24) is 19.5 Å². The standard InChI is InChI=1S/C23H28F6N5O2PS/c1-14(2)9-35-16-4-6-17(7-5-16)38-20-18-19(32-21(30)33-20)34(12-31-18)8-15(3)36-13-37(10-22(24,25)26)11-23(27,28)29/h4-7,12,14-15H,8-11,13H2,1-3H3,(H2,30,32,33). The number of nitrogen functional groups attached to an aromatic ring is 1. The fraction of sp³-hybridized carbons (Fsp3) is 0.522. The molecule has 0 aliphatic rings. The zero-order valence-corrected chi connectivity index (χ0v) is 22.6. The summed E-state index contributed by atoms with van der Waals surface area (Å²) >= 11 is 1.32. The predicted molar refractivity (Wildman–Crippen MR) is 135 cm³/mol. The molecule has 1 unspecified atom stereocenters. The van der Waals surface area contributed by atoms with Gasteiger partial charge in [-0.05, 0) is 37.1 Å². The summed E-state index contributed by atoms with van der Waals surface area (Å²) in [4.78, 5) is 13.7. The van der Waals surface area contributed by atoms with Crippen LogP contribution in [0.3, 0.4) is 0 Å². The van der Waals surface area contributed by atoms with E-state index in [1.165, 1.54) is 18.1 Å². The Morgan fingerprint density at radius 1 is 1.00 bits per heavy atom. The number of nitrogens with zero attached hydrogens (tertiary/aromatic N) is 4. The van der Waals surface area contributed by atoms with Crippen LogP contribution >= 0.6 is 19.7 Å². The first kappa shape index (κ1) is 30.2. The number of rotatable bonds is 12. The van der Waals surface area contributed by atoms with Crippen LogP contribution in [0.4, 0.5) is 32.3 Å². The molecule has 2 heterocycles. The van der Waals surface area contributed by atoms with E-state index in [1.807, 2.05) is 24.3 Å². The molecule has 0 bridgehead atoms. The van der Waals surface area contributed by atoms with Crippen molar-refractivity contribution in [2.45, 2.75) is 55.7 Å². The van der Waals surface area contributed by atoms with Crippen LogP contribution in [0.2, 0.25) is 0 Å². The fourth-order valence-electron chi connectivity index (χ4n) is 3.33. The van der Waals surface area contributed by atoms with Crippen molar-refractivity contribution in [3.8, 4) is 5.75 Å².